The number of fused-ring (bicyclic) bond motifs is 1. The third-order valence-electron chi connectivity index (χ3n) is 2.74. The molecule has 0 aliphatic carbocycles. The van der Waals surface area contributed by atoms with E-state index < -0.39 is 0 Å². The molecule has 1 aromatic carbocycles. The van der Waals surface area contributed by atoms with E-state index in [1.807, 2.05) is 6.92 Å². The number of pyridine rings is 1. The van der Waals surface area contributed by atoms with Gasteiger partial charge in [0.1, 0.15) is 5.82 Å². The van der Waals surface area contributed by atoms with Gasteiger partial charge in [0.2, 0.25) is 0 Å². The summed E-state index contributed by atoms with van der Waals surface area (Å²) >= 11 is 1.23. The Morgan fingerprint density at radius 2 is 2.15 bits per heavy atom. The summed E-state index contributed by atoms with van der Waals surface area (Å²) < 4.78 is 13.8. The monoisotopic (exact) mass is 287 g/mol. The SMILES string of the molecule is Cc1ccc(C(=O)Nc2nc3ccc(F)cc3s2)cn1. The molecule has 1 N–H and O–H groups in total. The molecule has 0 saturated carbocycles. The first kappa shape index (κ1) is 12.7. The Kier molecular flexibility index (Phi) is 3.15. The van der Waals surface area contributed by atoms with Gasteiger partial charge in [0, 0.05) is 11.9 Å². The van der Waals surface area contributed by atoms with E-state index in [-0.39, 0.29) is 11.7 Å². The zero-order chi connectivity index (χ0) is 14.1. The maximum atomic E-state index is 13.1. The first-order valence-electron chi connectivity index (χ1n) is 5.92. The minimum Gasteiger partial charge on any atom is -0.298 e. The zero-order valence-electron chi connectivity index (χ0n) is 10.6. The van der Waals surface area contributed by atoms with E-state index in [0.29, 0.717) is 20.9 Å². The molecule has 0 fully saturated rings. The van der Waals surface area contributed by atoms with Crippen LogP contribution in [0.4, 0.5) is 9.52 Å². The fraction of sp³-hybridized carbons (Fsp3) is 0.0714. The van der Waals surface area contributed by atoms with Gasteiger partial charge in [-0.3, -0.25) is 15.1 Å². The fourth-order valence-corrected chi connectivity index (χ4v) is 2.61. The lowest BCUT2D eigenvalue weighted by Gasteiger charge is -2.00. The quantitative estimate of drug-likeness (QED) is 0.786. The number of benzene rings is 1. The highest BCUT2D eigenvalue weighted by Crippen LogP contribution is 2.26. The van der Waals surface area contributed by atoms with E-state index in [1.165, 1.54) is 29.7 Å². The van der Waals surface area contributed by atoms with Crippen LogP contribution >= 0.6 is 11.3 Å². The second-order valence-electron chi connectivity index (χ2n) is 4.27. The van der Waals surface area contributed by atoms with Crippen LogP contribution in [0.3, 0.4) is 0 Å². The summed E-state index contributed by atoms with van der Waals surface area (Å²) in [7, 11) is 0. The zero-order valence-corrected chi connectivity index (χ0v) is 11.4. The van der Waals surface area contributed by atoms with Crippen molar-refractivity contribution in [1.82, 2.24) is 9.97 Å². The first-order chi connectivity index (χ1) is 9.61. The lowest BCUT2D eigenvalue weighted by atomic mass is 10.2. The van der Waals surface area contributed by atoms with Gasteiger partial charge in [-0.15, -0.1) is 0 Å². The summed E-state index contributed by atoms with van der Waals surface area (Å²) in [6.45, 7) is 1.85. The molecule has 2 aromatic heterocycles. The van der Waals surface area contributed by atoms with Crippen LogP contribution in [0.2, 0.25) is 0 Å². The van der Waals surface area contributed by atoms with Crippen LogP contribution in [-0.2, 0) is 0 Å². The number of halogens is 1. The highest BCUT2D eigenvalue weighted by molar-refractivity contribution is 7.22. The predicted molar refractivity (Wildman–Crippen MR) is 76.5 cm³/mol. The van der Waals surface area contributed by atoms with Crippen molar-refractivity contribution in [1.29, 1.82) is 0 Å². The Bertz CT molecular complexity index is 783. The summed E-state index contributed by atoms with van der Waals surface area (Å²) in [4.78, 5) is 20.3. The van der Waals surface area contributed by atoms with E-state index in [2.05, 4.69) is 15.3 Å². The van der Waals surface area contributed by atoms with Crippen LogP contribution in [-0.4, -0.2) is 15.9 Å². The smallest absolute Gasteiger partial charge is 0.259 e. The molecule has 0 aliphatic heterocycles. The second-order valence-corrected chi connectivity index (χ2v) is 5.30. The van der Waals surface area contributed by atoms with Crippen LogP contribution in [0.25, 0.3) is 10.2 Å². The van der Waals surface area contributed by atoms with E-state index >= 15 is 0 Å². The molecule has 4 nitrogen and oxygen atoms in total. The van der Waals surface area contributed by atoms with Crippen LogP contribution in [0.5, 0.6) is 0 Å². The number of hydrogen-bond acceptors (Lipinski definition) is 4. The van der Waals surface area contributed by atoms with E-state index in [1.54, 1.807) is 18.2 Å². The molecule has 0 aliphatic rings. The molecule has 20 heavy (non-hydrogen) atoms. The van der Waals surface area contributed by atoms with Gasteiger partial charge in [-0.05, 0) is 37.3 Å². The van der Waals surface area contributed by atoms with Gasteiger partial charge in [0.05, 0.1) is 15.8 Å². The number of carbonyl (C=O) groups excluding carboxylic acids is 1. The van der Waals surface area contributed by atoms with E-state index in [4.69, 9.17) is 0 Å². The maximum Gasteiger partial charge on any atom is 0.259 e. The van der Waals surface area contributed by atoms with Crippen molar-refractivity contribution in [3.8, 4) is 0 Å². The highest BCUT2D eigenvalue weighted by atomic mass is 32.1. The summed E-state index contributed by atoms with van der Waals surface area (Å²) in [6.07, 6.45) is 1.51. The molecule has 3 aromatic rings. The number of thiazole rings is 1. The molecule has 100 valence electrons. The molecule has 0 saturated heterocycles. The number of amides is 1. The predicted octanol–water partition coefficient (Wildman–Crippen LogP) is 3.39. The summed E-state index contributed by atoms with van der Waals surface area (Å²) in [5.74, 6) is -0.598. The number of nitrogens with zero attached hydrogens (tertiary/aromatic N) is 2. The third kappa shape index (κ3) is 2.50. The largest absolute Gasteiger partial charge is 0.298 e. The Balaban J connectivity index is 1.85. The molecule has 1 amide bonds. The second kappa shape index (κ2) is 4.97. The van der Waals surface area contributed by atoms with Crippen molar-refractivity contribution in [2.45, 2.75) is 6.92 Å². The van der Waals surface area contributed by atoms with Crippen molar-refractivity contribution in [3.63, 3.8) is 0 Å². The molecule has 0 atom stereocenters. The molecule has 6 heteroatoms. The van der Waals surface area contributed by atoms with Crippen molar-refractivity contribution in [3.05, 3.63) is 53.6 Å². The average Bonchev–Trinajstić information content (AvgIpc) is 2.80. The Morgan fingerprint density at radius 3 is 2.90 bits per heavy atom. The normalized spacial score (nSPS) is 10.7. The van der Waals surface area contributed by atoms with Crippen molar-refractivity contribution >= 4 is 32.6 Å². The minimum absolute atomic E-state index is 0.281. The van der Waals surface area contributed by atoms with Gasteiger partial charge in [-0.25, -0.2) is 9.37 Å². The van der Waals surface area contributed by atoms with Crippen LogP contribution in [0.1, 0.15) is 16.1 Å². The number of nitrogens with one attached hydrogen (secondary N) is 1. The Labute approximate surface area is 118 Å². The molecule has 2 heterocycles. The molecular formula is C14H10FN3OS. The topological polar surface area (TPSA) is 54.9 Å². The molecule has 0 spiro atoms. The van der Waals surface area contributed by atoms with Gasteiger partial charge < -0.3 is 0 Å². The Morgan fingerprint density at radius 1 is 1.30 bits per heavy atom. The van der Waals surface area contributed by atoms with E-state index in [0.717, 1.165) is 5.69 Å². The molecule has 3 rings (SSSR count). The van der Waals surface area contributed by atoms with Gasteiger partial charge >= 0.3 is 0 Å². The molecular weight excluding hydrogens is 277 g/mol. The number of anilines is 1. The lowest BCUT2D eigenvalue weighted by Crippen LogP contribution is -2.11. The third-order valence-corrected chi connectivity index (χ3v) is 3.68. The number of aryl methyl sites for hydroxylation is 1. The van der Waals surface area contributed by atoms with Gasteiger partial charge in [-0.1, -0.05) is 11.3 Å². The van der Waals surface area contributed by atoms with Crippen LogP contribution < -0.4 is 5.32 Å². The summed E-state index contributed by atoms with van der Waals surface area (Å²) in [6, 6.07) is 7.80. The van der Waals surface area contributed by atoms with Crippen LogP contribution in [0, 0.1) is 12.7 Å². The number of carbonyl (C=O) groups is 1. The first-order valence-corrected chi connectivity index (χ1v) is 6.73. The standard InChI is InChI=1S/C14H10FN3OS/c1-8-2-3-9(7-16-8)13(19)18-14-17-11-5-4-10(15)6-12(11)20-14/h2-7H,1H3,(H,17,18,19). The van der Waals surface area contributed by atoms with Crippen molar-refractivity contribution in [2.75, 3.05) is 5.32 Å². The number of hydrogen-bond donors (Lipinski definition) is 1. The molecule has 0 bridgehead atoms. The van der Waals surface area contributed by atoms with Gasteiger partial charge in [0.25, 0.3) is 5.91 Å². The Hall–Kier alpha value is -2.34. The molecule has 0 unspecified atom stereocenters. The van der Waals surface area contributed by atoms with Gasteiger partial charge in [0.15, 0.2) is 5.13 Å². The fourth-order valence-electron chi connectivity index (χ4n) is 1.72. The van der Waals surface area contributed by atoms with Crippen molar-refractivity contribution in [2.24, 2.45) is 0 Å². The number of aromatic nitrogens is 2. The minimum atomic E-state index is -0.318. The average molecular weight is 287 g/mol. The summed E-state index contributed by atoms with van der Waals surface area (Å²) in [5.41, 5.74) is 1.96. The highest BCUT2D eigenvalue weighted by Gasteiger charge is 2.10. The lowest BCUT2D eigenvalue weighted by molar-refractivity contribution is 0.102. The van der Waals surface area contributed by atoms with Crippen LogP contribution in [0.15, 0.2) is 36.5 Å². The van der Waals surface area contributed by atoms with Crippen molar-refractivity contribution < 1.29 is 9.18 Å². The van der Waals surface area contributed by atoms with Gasteiger partial charge in [-0.2, -0.15) is 0 Å². The molecule has 0 radical (unpaired) electrons. The summed E-state index contributed by atoms with van der Waals surface area (Å²) in [5, 5.41) is 3.13. The maximum absolute atomic E-state index is 13.1. The number of rotatable bonds is 2. The van der Waals surface area contributed by atoms with E-state index in [9.17, 15) is 9.18 Å².